The van der Waals surface area contributed by atoms with Gasteiger partial charge in [-0.3, -0.25) is 0 Å². The van der Waals surface area contributed by atoms with E-state index in [0.717, 1.165) is 34.9 Å². The van der Waals surface area contributed by atoms with Crippen LogP contribution < -0.4 is 20.4 Å². The molecular weight excluding hydrogens is 212 g/mol. The van der Waals surface area contributed by atoms with E-state index in [1.54, 1.807) is 0 Å². The number of hydrogen-bond donors (Lipinski definition) is 1. The second kappa shape index (κ2) is 262. The summed E-state index contributed by atoms with van der Waals surface area (Å²) in [7, 11) is 3.00. The minimum atomic E-state index is 0. The fraction of sp³-hybridized carbons (Fsp3) is 1.00. The van der Waals surface area contributed by atoms with Gasteiger partial charge in [0, 0.05) is 6.61 Å². The van der Waals surface area contributed by atoms with Gasteiger partial charge in [-0.25, -0.2) is 0 Å². The predicted octanol–water partition coefficient (Wildman–Crippen LogP) is -3.71. The van der Waals surface area contributed by atoms with Crippen molar-refractivity contribution in [3.63, 3.8) is 0 Å². The Labute approximate surface area is 95.9 Å². The topological polar surface area (TPSA) is 112 Å². The minimum Gasteiger partial charge on any atom is -0.857 e. The van der Waals surface area contributed by atoms with Crippen LogP contribution in [0.5, 0.6) is 0 Å². The average Bonchev–Trinajstić information content (AvgIpc) is 2.29. The SMILES string of the molecule is CCCO.C[O-].C[O-].C[O-].C[O-].[Ti+4]. The third-order valence-electron chi connectivity index (χ3n) is 0.224. The van der Waals surface area contributed by atoms with E-state index in [0.29, 0.717) is 6.61 Å². The van der Waals surface area contributed by atoms with Gasteiger partial charge in [-0.1, -0.05) is 6.92 Å². The summed E-state index contributed by atoms with van der Waals surface area (Å²) in [5, 5.41) is 40.9. The predicted molar refractivity (Wildman–Crippen MR) is 41.1 cm³/mol. The van der Waals surface area contributed by atoms with Gasteiger partial charge < -0.3 is 25.5 Å². The standard InChI is InChI=1S/C3H8O.4CH3O.Ti/c1-2-3-4;4*1-2;/h4H,2-3H2,1H3;4*1H3;/q;4*-1;+4. The Morgan fingerprint density at radius 2 is 0.846 bits per heavy atom. The smallest absolute Gasteiger partial charge is 0.857 e. The first-order valence-corrected chi connectivity index (χ1v) is 3.16. The van der Waals surface area contributed by atoms with E-state index < -0.39 is 0 Å². The largest absolute Gasteiger partial charge is 4.00 e. The van der Waals surface area contributed by atoms with Gasteiger partial charge >= 0.3 is 21.7 Å². The Hall–Kier alpha value is 0.514. The van der Waals surface area contributed by atoms with Gasteiger partial charge in [0.2, 0.25) is 0 Å². The summed E-state index contributed by atoms with van der Waals surface area (Å²) in [6.07, 6.45) is 0.875. The quantitative estimate of drug-likeness (QED) is 0.467. The molecule has 5 nitrogen and oxygen atoms in total. The molecule has 0 aliphatic heterocycles. The van der Waals surface area contributed by atoms with E-state index in [4.69, 9.17) is 25.5 Å². The zero-order chi connectivity index (χ0) is 11.4. The van der Waals surface area contributed by atoms with Crippen molar-refractivity contribution in [2.45, 2.75) is 13.3 Å². The Morgan fingerprint density at radius 3 is 0.846 bits per heavy atom. The van der Waals surface area contributed by atoms with Gasteiger partial charge in [0.25, 0.3) is 0 Å². The summed E-state index contributed by atoms with van der Waals surface area (Å²) in [5.41, 5.74) is 0. The maximum atomic E-state index is 8.25. The van der Waals surface area contributed by atoms with Crippen LogP contribution in [0.4, 0.5) is 0 Å². The van der Waals surface area contributed by atoms with Crippen molar-refractivity contribution in [1.82, 2.24) is 0 Å². The Bertz CT molecular complexity index is 18.8. The third-order valence-corrected chi connectivity index (χ3v) is 0.224. The van der Waals surface area contributed by atoms with Crippen molar-refractivity contribution in [2.75, 3.05) is 35.0 Å². The first-order chi connectivity index (χ1) is 5.91. The van der Waals surface area contributed by atoms with Gasteiger partial charge in [0.1, 0.15) is 0 Å². The Morgan fingerprint density at radius 1 is 0.769 bits per heavy atom. The van der Waals surface area contributed by atoms with Crippen molar-refractivity contribution in [1.29, 1.82) is 0 Å². The molecule has 0 aromatic rings. The van der Waals surface area contributed by atoms with Crippen LogP contribution in [0.2, 0.25) is 0 Å². The Balaban J connectivity index is -0.0000000122. The molecular formula is C7H20O5Ti. The first kappa shape index (κ1) is 37.5. The van der Waals surface area contributed by atoms with Crippen molar-refractivity contribution in [2.24, 2.45) is 0 Å². The van der Waals surface area contributed by atoms with Crippen LogP contribution in [0.15, 0.2) is 0 Å². The van der Waals surface area contributed by atoms with Gasteiger partial charge in [-0.2, -0.15) is 28.4 Å². The van der Waals surface area contributed by atoms with Crippen LogP contribution in [-0.4, -0.2) is 40.2 Å². The molecule has 0 aromatic carbocycles. The van der Waals surface area contributed by atoms with Gasteiger partial charge in [-0.15, -0.1) is 0 Å². The summed E-state index contributed by atoms with van der Waals surface area (Å²) in [6.45, 7) is 2.25. The van der Waals surface area contributed by atoms with E-state index in [1.807, 2.05) is 6.92 Å². The molecule has 0 bridgehead atoms. The molecule has 0 aromatic heterocycles. The van der Waals surface area contributed by atoms with Crippen molar-refractivity contribution in [3.8, 4) is 0 Å². The van der Waals surface area contributed by atoms with Crippen molar-refractivity contribution in [3.05, 3.63) is 0 Å². The van der Waals surface area contributed by atoms with Crippen LogP contribution in [0.25, 0.3) is 0 Å². The van der Waals surface area contributed by atoms with Crippen molar-refractivity contribution < 1.29 is 47.3 Å². The van der Waals surface area contributed by atoms with Crippen LogP contribution in [-0.2, 0) is 21.7 Å². The number of aliphatic hydroxyl groups excluding tert-OH is 1. The second-order valence-corrected chi connectivity index (χ2v) is 0.724. The summed E-state index contributed by atoms with van der Waals surface area (Å²) in [4.78, 5) is 0. The number of hydrogen-bond acceptors (Lipinski definition) is 5. The zero-order valence-corrected chi connectivity index (χ0v) is 10.6. The van der Waals surface area contributed by atoms with E-state index >= 15 is 0 Å². The maximum absolute atomic E-state index is 8.25. The molecule has 0 aliphatic rings. The molecule has 0 heterocycles. The molecule has 0 saturated heterocycles. The average molecular weight is 232 g/mol. The van der Waals surface area contributed by atoms with Gasteiger partial charge in [0.15, 0.2) is 0 Å². The van der Waals surface area contributed by atoms with Gasteiger partial charge in [0.05, 0.1) is 0 Å². The molecule has 13 heavy (non-hydrogen) atoms. The van der Waals surface area contributed by atoms with E-state index in [-0.39, 0.29) is 21.7 Å². The normalized spacial score (nSPS) is 4.15. The van der Waals surface area contributed by atoms with Gasteiger partial charge in [-0.05, 0) is 6.42 Å². The zero-order valence-electron chi connectivity index (χ0n) is 8.99. The molecule has 1 N–H and O–H groups in total. The van der Waals surface area contributed by atoms with E-state index in [2.05, 4.69) is 0 Å². The summed E-state index contributed by atoms with van der Waals surface area (Å²) in [6, 6.07) is 0. The fourth-order valence-corrected chi connectivity index (χ4v) is 0. The molecule has 0 atom stereocenters. The molecule has 0 spiro atoms. The van der Waals surface area contributed by atoms with Crippen LogP contribution >= 0.6 is 0 Å². The van der Waals surface area contributed by atoms with E-state index in [9.17, 15) is 0 Å². The first-order valence-electron chi connectivity index (χ1n) is 3.16. The summed E-state index contributed by atoms with van der Waals surface area (Å²) in [5.74, 6) is 0. The molecule has 0 amide bonds. The molecule has 0 unspecified atom stereocenters. The van der Waals surface area contributed by atoms with Crippen molar-refractivity contribution >= 4 is 0 Å². The number of rotatable bonds is 1. The monoisotopic (exact) mass is 232 g/mol. The molecule has 0 radical (unpaired) electrons. The van der Waals surface area contributed by atoms with Crippen LogP contribution in [0, 0.1) is 0 Å². The molecule has 0 rings (SSSR count). The maximum Gasteiger partial charge on any atom is 4.00 e. The fourth-order valence-electron chi connectivity index (χ4n) is 0. The molecule has 6 heteroatoms. The van der Waals surface area contributed by atoms with Crippen LogP contribution in [0.1, 0.15) is 13.3 Å². The van der Waals surface area contributed by atoms with E-state index in [1.165, 1.54) is 0 Å². The molecule has 82 valence electrons. The third kappa shape index (κ3) is 603. The summed E-state index contributed by atoms with van der Waals surface area (Å²) < 4.78 is 0. The molecule has 0 fully saturated rings. The minimum absolute atomic E-state index is 0. The van der Waals surface area contributed by atoms with Crippen LogP contribution in [0.3, 0.4) is 0 Å². The Kier molecular flexibility index (Phi) is 757. The molecule has 0 aliphatic carbocycles. The second-order valence-electron chi connectivity index (χ2n) is 0.724. The number of aliphatic hydroxyl groups is 1. The molecule has 0 saturated carbocycles. The summed E-state index contributed by atoms with van der Waals surface area (Å²) >= 11 is 0.